The van der Waals surface area contributed by atoms with Gasteiger partial charge in [-0.1, -0.05) is 25.3 Å². The Labute approximate surface area is 114 Å². The number of benzene rings is 1. The summed E-state index contributed by atoms with van der Waals surface area (Å²) in [7, 11) is 0. The van der Waals surface area contributed by atoms with Gasteiger partial charge in [-0.25, -0.2) is 4.79 Å². The highest BCUT2D eigenvalue weighted by Crippen LogP contribution is 2.45. The summed E-state index contributed by atoms with van der Waals surface area (Å²) in [6.45, 7) is 4.07. The van der Waals surface area contributed by atoms with Gasteiger partial charge in [0, 0.05) is 24.2 Å². The summed E-state index contributed by atoms with van der Waals surface area (Å²) in [6, 6.07) is 5.80. The largest absolute Gasteiger partial charge is 0.478 e. The molecular weight excluding hydrogens is 238 g/mol. The van der Waals surface area contributed by atoms with Crippen LogP contribution in [0.25, 0.3) is 0 Å². The molecule has 0 aromatic heterocycles. The number of hydrogen-bond acceptors (Lipinski definition) is 2. The number of carbonyl (C=O) groups is 1. The van der Waals surface area contributed by atoms with Crippen LogP contribution in [0.3, 0.4) is 0 Å². The quantitative estimate of drug-likeness (QED) is 0.884. The van der Waals surface area contributed by atoms with E-state index < -0.39 is 5.97 Å². The van der Waals surface area contributed by atoms with Gasteiger partial charge >= 0.3 is 5.97 Å². The van der Waals surface area contributed by atoms with Crippen molar-refractivity contribution in [3.8, 4) is 0 Å². The molecular formula is C16H21NO2. The molecule has 0 radical (unpaired) electrons. The second-order valence-corrected chi connectivity index (χ2v) is 6.22. The molecule has 1 aliphatic heterocycles. The van der Waals surface area contributed by atoms with Crippen molar-refractivity contribution in [3.63, 3.8) is 0 Å². The lowest BCUT2D eigenvalue weighted by Crippen LogP contribution is -2.57. The van der Waals surface area contributed by atoms with Gasteiger partial charge in [0.25, 0.3) is 0 Å². The van der Waals surface area contributed by atoms with E-state index in [-0.39, 0.29) is 0 Å². The Morgan fingerprint density at radius 3 is 2.53 bits per heavy atom. The third-order valence-electron chi connectivity index (χ3n) is 4.78. The topological polar surface area (TPSA) is 40.5 Å². The number of rotatable bonds is 2. The van der Waals surface area contributed by atoms with Crippen molar-refractivity contribution in [2.45, 2.75) is 39.0 Å². The summed E-state index contributed by atoms with van der Waals surface area (Å²) in [5.74, 6) is -0.827. The van der Waals surface area contributed by atoms with E-state index in [1.54, 1.807) is 0 Å². The number of hydrogen-bond donors (Lipinski definition) is 1. The normalized spacial score (nSPS) is 21.2. The molecule has 1 saturated carbocycles. The smallest absolute Gasteiger partial charge is 0.336 e. The average Bonchev–Trinajstić information content (AvgIpc) is 2.37. The molecule has 2 aliphatic rings. The Hall–Kier alpha value is -1.51. The molecule has 3 nitrogen and oxygen atoms in total. The fraction of sp³-hybridized carbons (Fsp3) is 0.562. The van der Waals surface area contributed by atoms with E-state index in [9.17, 15) is 9.90 Å². The zero-order valence-electron chi connectivity index (χ0n) is 11.5. The zero-order chi connectivity index (χ0) is 13.5. The van der Waals surface area contributed by atoms with Crippen LogP contribution in [0.2, 0.25) is 0 Å². The first-order valence-electron chi connectivity index (χ1n) is 7.19. The van der Waals surface area contributed by atoms with Crippen LogP contribution in [0.4, 0.5) is 5.69 Å². The molecule has 1 N–H and O–H groups in total. The maximum atomic E-state index is 11.2. The molecule has 1 spiro atoms. The van der Waals surface area contributed by atoms with Crippen molar-refractivity contribution in [3.05, 3.63) is 29.3 Å². The van der Waals surface area contributed by atoms with Gasteiger partial charge in [-0.2, -0.15) is 0 Å². The minimum atomic E-state index is -0.827. The Kier molecular flexibility index (Phi) is 3.00. The number of carboxylic acid groups (broad SMARTS) is 1. The Bertz CT molecular complexity index is 495. The third kappa shape index (κ3) is 2.22. The molecule has 0 unspecified atom stereocenters. The van der Waals surface area contributed by atoms with Gasteiger partial charge in [0.1, 0.15) is 0 Å². The van der Waals surface area contributed by atoms with E-state index in [4.69, 9.17) is 0 Å². The standard InChI is InChI=1S/C16H21NO2/c1-12-5-6-13(9-14(12)15(18)19)17-10-16(11-17)7-3-2-4-8-16/h5-6,9H,2-4,7-8,10-11H2,1H3,(H,18,19). The SMILES string of the molecule is Cc1ccc(N2CC3(CCCCC3)C2)cc1C(=O)O. The van der Waals surface area contributed by atoms with Crippen LogP contribution in [0.15, 0.2) is 18.2 Å². The minimum Gasteiger partial charge on any atom is -0.478 e. The molecule has 1 heterocycles. The van der Waals surface area contributed by atoms with Crippen molar-refractivity contribution in [1.29, 1.82) is 0 Å². The van der Waals surface area contributed by atoms with E-state index in [1.165, 1.54) is 32.1 Å². The van der Waals surface area contributed by atoms with Gasteiger partial charge in [0.05, 0.1) is 5.56 Å². The maximum Gasteiger partial charge on any atom is 0.336 e. The summed E-state index contributed by atoms with van der Waals surface area (Å²) in [4.78, 5) is 13.5. The summed E-state index contributed by atoms with van der Waals surface area (Å²) in [6.07, 6.45) is 6.81. The van der Waals surface area contributed by atoms with Crippen LogP contribution in [-0.4, -0.2) is 24.2 Å². The summed E-state index contributed by atoms with van der Waals surface area (Å²) in [5.41, 5.74) is 2.87. The highest BCUT2D eigenvalue weighted by Gasteiger charge is 2.43. The van der Waals surface area contributed by atoms with E-state index >= 15 is 0 Å². The maximum absolute atomic E-state index is 11.2. The van der Waals surface area contributed by atoms with Crippen LogP contribution in [-0.2, 0) is 0 Å². The van der Waals surface area contributed by atoms with Gasteiger partial charge < -0.3 is 10.0 Å². The van der Waals surface area contributed by atoms with Gasteiger partial charge in [-0.15, -0.1) is 0 Å². The van der Waals surface area contributed by atoms with Gasteiger partial charge in [0.2, 0.25) is 0 Å². The van der Waals surface area contributed by atoms with E-state index in [1.807, 2.05) is 19.1 Å². The van der Waals surface area contributed by atoms with Crippen LogP contribution < -0.4 is 4.90 Å². The summed E-state index contributed by atoms with van der Waals surface area (Å²) < 4.78 is 0. The second kappa shape index (κ2) is 4.55. The minimum absolute atomic E-state index is 0.432. The predicted octanol–water partition coefficient (Wildman–Crippen LogP) is 3.46. The molecule has 1 saturated heterocycles. The van der Waals surface area contributed by atoms with E-state index in [0.717, 1.165) is 24.3 Å². The third-order valence-corrected chi connectivity index (χ3v) is 4.78. The molecule has 3 heteroatoms. The first-order valence-corrected chi connectivity index (χ1v) is 7.19. The van der Waals surface area contributed by atoms with E-state index in [0.29, 0.717) is 11.0 Å². The molecule has 0 bridgehead atoms. The molecule has 19 heavy (non-hydrogen) atoms. The fourth-order valence-electron chi connectivity index (χ4n) is 3.60. The molecule has 102 valence electrons. The van der Waals surface area contributed by atoms with Crippen LogP contribution in [0, 0.1) is 12.3 Å². The first kappa shape index (κ1) is 12.5. The lowest BCUT2D eigenvalue weighted by molar-refractivity contribution is 0.0696. The number of anilines is 1. The van der Waals surface area contributed by atoms with Gasteiger partial charge in [-0.05, 0) is 37.5 Å². The number of aromatic carboxylic acids is 1. The summed E-state index contributed by atoms with van der Waals surface area (Å²) in [5, 5.41) is 9.19. The monoisotopic (exact) mass is 259 g/mol. The predicted molar refractivity (Wildman–Crippen MR) is 75.9 cm³/mol. The van der Waals surface area contributed by atoms with Crippen molar-refractivity contribution >= 4 is 11.7 Å². The number of nitrogens with zero attached hydrogens (tertiary/aromatic N) is 1. The number of aryl methyl sites for hydroxylation is 1. The lowest BCUT2D eigenvalue weighted by Gasteiger charge is -2.53. The van der Waals surface area contributed by atoms with Gasteiger partial charge in [-0.3, -0.25) is 0 Å². The first-order chi connectivity index (χ1) is 9.10. The average molecular weight is 259 g/mol. The fourth-order valence-corrected chi connectivity index (χ4v) is 3.60. The van der Waals surface area contributed by atoms with Crippen molar-refractivity contribution in [2.24, 2.45) is 5.41 Å². The van der Waals surface area contributed by atoms with Crippen molar-refractivity contribution in [2.75, 3.05) is 18.0 Å². The molecule has 1 aromatic rings. The summed E-state index contributed by atoms with van der Waals surface area (Å²) >= 11 is 0. The molecule has 3 rings (SSSR count). The van der Waals surface area contributed by atoms with E-state index in [2.05, 4.69) is 11.0 Å². The highest BCUT2D eigenvalue weighted by atomic mass is 16.4. The van der Waals surface area contributed by atoms with Gasteiger partial charge in [0.15, 0.2) is 0 Å². The van der Waals surface area contributed by atoms with Crippen LogP contribution in [0.5, 0.6) is 0 Å². The molecule has 2 fully saturated rings. The van der Waals surface area contributed by atoms with Crippen LogP contribution >= 0.6 is 0 Å². The molecule has 0 amide bonds. The van der Waals surface area contributed by atoms with Crippen molar-refractivity contribution in [1.82, 2.24) is 0 Å². The second-order valence-electron chi connectivity index (χ2n) is 6.22. The van der Waals surface area contributed by atoms with Crippen molar-refractivity contribution < 1.29 is 9.90 Å². The zero-order valence-corrected chi connectivity index (χ0v) is 11.5. The Morgan fingerprint density at radius 1 is 1.21 bits per heavy atom. The Morgan fingerprint density at radius 2 is 1.89 bits per heavy atom. The molecule has 1 aliphatic carbocycles. The molecule has 0 atom stereocenters. The lowest BCUT2D eigenvalue weighted by atomic mass is 9.68. The Balaban J connectivity index is 1.74. The number of carboxylic acids is 1. The highest BCUT2D eigenvalue weighted by molar-refractivity contribution is 5.90. The van der Waals surface area contributed by atoms with Crippen LogP contribution in [0.1, 0.15) is 48.0 Å². The molecule has 1 aromatic carbocycles.